The Labute approximate surface area is 381 Å². The molecule has 2 heteroatoms. The van der Waals surface area contributed by atoms with Gasteiger partial charge in [0.15, 0.2) is 0 Å². The summed E-state index contributed by atoms with van der Waals surface area (Å²) in [6.07, 6.45) is 0. The average molecular weight is 831 g/mol. The molecule has 2 nitrogen and oxygen atoms in total. The van der Waals surface area contributed by atoms with Gasteiger partial charge in [-0.15, -0.1) is 0 Å². The standard InChI is InChI=1S/C63H46N2/c1-63(2)57-26-16-15-25-55(57)56-39-37-53(42-58(56)63)64(51-33-27-44(28-34-51)43-17-7-3-8-18-43)52-35-29-45(30-36-52)48-31-38-54-49(41-48)32-40-59-61(54)60(46-19-9-4-10-20-46)62(47-21-11-5-12-22-47)65(59)50-23-13-6-14-24-50/h3-42H,1-2H3. The van der Waals surface area contributed by atoms with E-state index in [-0.39, 0.29) is 5.41 Å². The molecule has 0 aliphatic heterocycles. The van der Waals surface area contributed by atoms with Gasteiger partial charge in [-0.25, -0.2) is 0 Å². The van der Waals surface area contributed by atoms with Crippen molar-refractivity contribution in [3.8, 4) is 61.5 Å². The van der Waals surface area contributed by atoms with Gasteiger partial charge < -0.3 is 9.47 Å². The third-order valence-electron chi connectivity index (χ3n) is 13.6. The summed E-state index contributed by atoms with van der Waals surface area (Å²) < 4.78 is 2.45. The molecule has 0 fully saturated rings. The van der Waals surface area contributed by atoms with Crippen LogP contribution in [0.1, 0.15) is 25.0 Å². The Morgan fingerprint density at radius 3 is 1.54 bits per heavy atom. The summed E-state index contributed by atoms with van der Waals surface area (Å²) >= 11 is 0. The lowest BCUT2D eigenvalue weighted by molar-refractivity contribution is 0.660. The fourth-order valence-corrected chi connectivity index (χ4v) is 10.4. The molecule has 65 heavy (non-hydrogen) atoms. The quantitative estimate of drug-likeness (QED) is 0.148. The molecule has 1 aromatic heterocycles. The predicted molar refractivity (Wildman–Crippen MR) is 275 cm³/mol. The van der Waals surface area contributed by atoms with E-state index in [1.807, 2.05) is 0 Å². The molecular formula is C63H46N2. The molecule has 0 amide bonds. The van der Waals surface area contributed by atoms with Crippen LogP contribution in [0.5, 0.6) is 0 Å². The second-order valence-electron chi connectivity index (χ2n) is 17.7. The van der Waals surface area contributed by atoms with Crippen molar-refractivity contribution in [2.24, 2.45) is 0 Å². The number of anilines is 3. The van der Waals surface area contributed by atoms with E-state index in [4.69, 9.17) is 0 Å². The molecule has 0 bridgehead atoms. The summed E-state index contributed by atoms with van der Waals surface area (Å²) in [7, 11) is 0. The van der Waals surface area contributed by atoms with Crippen molar-refractivity contribution in [3.63, 3.8) is 0 Å². The van der Waals surface area contributed by atoms with Gasteiger partial charge in [-0.1, -0.05) is 196 Å². The van der Waals surface area contributed by atoms with E-state index in [1.54, 1.807) is 0 Å². The molecule has 11 aromatic rings. The fourth-order valence-electron chi connectivity index (χ4n) is 10.4. The summed E-state index contributed by atoms with van der Waals surface area (Å²) in [5.41, 5.74) is 20.6. The van der Waals surface area contributed by atoms with Crippen molar-refractivity contribution in [3.05, 3.63) is 254 Å². The van der Waals surface area contributed by atoms with Crippen molar-refractivity contribution in [1.82, 2.24) is 4.57 Å². The Kier molecular flexibility index (Phi) is 9.21. The van der Waals surface area contributed by atoms with Gasteiger partial charge in [-0.3, -0.25) is 0 Å². The Hall–Kier alpha value is -8.20. The second kappa shape index (κ2) is 15.6. The molecule has 0 atom stereocenters. The van der Waals surface area contributed by atoms with Gasteiger partial charge in [0, 0.05) is 39.1 Å². The molecule has 0 N–H and O–H groups in total. The predicted octanol–water partition coefficient (Wildman–Crippen LogP) is 17.2. The molecule has 0 saturated carbocycles. The Morgan fingerprint density at radius 1 is 0.369 bits per heavy atom. The highest BCUT2D eigenvalue weighted by Crippen LogP contribution is 2.51. The molecule has 0 unspecified atom stereocenters. The van der Waals surface area contributed by atoms with Gasteiger partial charge in [0.2, 0.25) is 0 Å². The Bertz CT molecular complexity index is 3510. The minimum atomic E-state index is -0.106. The smallest absolute Gasteiger partial charge is 0.0619 e. The van der Waals surface area contributed by atoms with Crippen LogP contribution in [0.25, 0.3) is 83.1 Å². The first-order valence-corrected chi connectivity index (χ1v) is 22.6. The lowest BCUT2D eigenvalue weighted by atomic mass is 9.82. The third kappa shape index (κ3) is 6.49. The maximum Gasteiger partial charge on any atom is 0.0619 e. The Morgan fingerprint density at radius 2 is 0.877 bits per heavy atom. The highest BCUT2D eigenvalue weighted by Gasteiger charge is 2.35. The zero-order valence-electron chi connectivity index (χ0n) is 36.5. The number of fused-ring (bicyclic) bond motifs is 6. The monoisotopic (exact) mass is 830 g/mol. The number of nitrogens with zero attached hydrogens (tertiary/aromatic N) is 2. The van der Waals surface area contributed by atoms with Crippen LogP contribution in [-0.2, 0) is 5.41 Å². The lowest BCUT2D eigenvalue weighted by Crippen LogP contribution is -2.16. The van der Waals surface area contributed by atoms with Crippen LogP contribution < -0.4 is 4.90 Å². The first-order valence-electron chi connectivity index (χ1n) is 22.6. The number of hydrogen-bond donors (Lipinski definition) is 0. The third-order valence-corrected chi connectivity index (χ3v) is 13.6. The van der Waals surface area contributed by atoms with Gasteiger partial charge in [-0.05, 0) is 127 Å². The number of hydrogen-bond acceptors (Lipinski definition) is 1. The normalized spacial score (nSPS) is 12.6. The largest absolute Gasteiger partial charge is 0.310 e. The van der Waals surface area contributed by atoms with Gasteiger partial charge in [0.25, 0.3) is 0 Å². The summed E-state index contributed by atoms with van der Waals surface area (Å²) in [6, 6.07) is 88.7. The van der Waals surface area contributed by atoms with E-state index < -0.39 is 0 Å². The van der Waals surface area contributed by atoms with Crippen LogP contribution >= 0.6 is 0 Å². The molecule has 308 valence electrons. The lowest BCUT2D eigenvalue weighted by Gasteiger charge is -2.28. The van der Waals surface area contributed by atoms with Crippen molar-refractivity contribution in [1.29, 1.82) is 0 Å². The number of rotatable bonds is 8. The summed E-state index contributed by atoms with van der Waals surface area (Å²) in [5, 5.41) is 3.70. The van der Waals surface area contributed by atoms with Gasteiger partial charge >= 0.3 is 0 Å². The number of aromatic nitrogens is 1. The summed E-state index contributed by atoms with van der Waals surface area (Å²) in [4.78, 5) is 2.40. The van der Waals surface area contributed by atoms with Gasteiger partial charge in [0.05, 0.1) is 11.2 Å². The van der Waals surface area contributed by atoms with Crippen LogP contribution in [0.4, 0.5) is 17.1 Å². The molecule has 1 aliphatic rings. The molecule has 12 rings (SSSR count). The van der Waals surface area contributed by atoms with Crippen LogP contribution in [0.3, 0.4) is 0 Å². The minimum Gasteiger partial charge on any atom is -0.310 e. The first-order chi connectivity index (χ1) is 32.0. The topological polar surface area (TPSA) is 8.17 Å². The minimum absolute atomic E-state index is 0.106. The molecule has 10 aromatic carbocycles. The summed E-state index contributed by atoms with van der Waals surface area (Å²) in [6.45, 7) is 4.71. The van der Waals surface area contributed by atoms with E-state index >= 15 is 0 Å². The zero-order valence-corrected chi connectivity index (χ0v) is 36.5. The molecule has 0 spiro atoms. The Balaban J connectivity index is 0.975. The highest BCUT2D eigenvalue weighted by atomic mass is 15.1. The average Bonchev–Trinajstić information content (AvgIpc) is 3.84. The molecule has 1 heterocycles. The van der Waals surface area contributed by atoms with E-state index in [2.05, 4.69) is 266 Å². The first kappa shape index (κ1) is 38.5. The van der Waals surface area contributed by atoms with Crippen LogP contribution in [0, 0.1) is 0 Å². The molecule has 0 radical (unpaired) electrons. The van der Waals surface area contributed by atoms with Crippen molar-refractivity contribution < 1.29 is 0 Å². The van der Waals surface area contributed by atoms with Gasteiger partial charge in [-0.2, -0.15) is 0 Å². The van der Waals surface area contributed by atoms with Crippen molar-refractivity contribution in [2.45, 2.75) is 19.3 Å². The summed E-state index contributed by atoms with van der Waals surface area (Å²) in [5.74, 6) is 0. The fraction of sp³-hybridized carbons (Fsp3) is 0.0476. The van der Waals surface area contributed by atoms with E-state index in [0.717, 1.165) is 22.7 Å². The highest BCUT2D eigenvalue weighted by molar-refractivity contribution is 6.19. The van der Waals surface area contributed by atoms with Gasteiger partial charge in [0.1, 0.15) is 0 Å². The SMILES string of the molecule is CC1(C)c2ccccc2-c2ccc(N(c3ccc(-c4ccccc4)cc3)c3ccc(-c4ccc5c(ccc6c5c(-c5ccccc5)c(-c5ccccc5)n6-c5ccccc5)c4)cc3)cc21. The maximum atomic E-state index is 2.45. The van der Waals surface area contributed by atoms with Crippen molar-refractivity contribution >= 4 is 38.7 Å². The molecule has 1 aliphatic carbocycles. The van der Waals surface area contributed by atoms with Crippen LogP contribution in [-0.4, -0.2) is 4.57 Å². The molecule has 0 saturated heterocycles. The van der Waals surface area contributed by atoms with E-state index in [9.17, 15) is 0 Å². The van der Waals surface area contributed by atoms with Crippen molar-refractivity contribution in [2.75, 3.05) is 4.90 Å². The van der Waals surface area contributed by atoms with E-state index in [0.29, 0.717) is 0 Å². The van der Waals surface area contributed by atoms with Crippen LogP contribution in [0.2, 0.25) is 0 Å². The van der Waals surface area contributed by atoms with Crippen LogP contribution in [0.15, 0.2) is 243 Å². The zero-order chi connectivity index (χ0) is 43.5. The second-order valence-corrected chi connectivity index (χ2v) is 17.7. The maximum absolute atomic E-state index is 2.45. The number of para-hydroxylation sites is 1. The molecular weight excluding hydrogens is 785 g/mol. The number of benzene rings is 10. The van der Waals surface area contributed by atoms with E-state index in [1.165, 1.54) is 88.6 Å².